The second kappa shape index (κ2) is 3.59. The first-order chi connectivity index (χ1) is 6.74. The van der Waals surface area contributed by atoms with Crippen LogP contribution < -0.4 is 0 Å². The highest BCUT2D eigenvalue weighted by Gasteiger charge is 2.14. The van der Waals surface area contributed by atoms with E-state index in [-0.39, 0.29) is 5.88 Å². The topological polar surface area (TPSA) is 38.0 Å². The summed E-state index contributed by atoms with van der Waals surface area (Å²) in [5, 5.41) is 14.8. The van der Waals surface area contributed by atoms with Gasteiger partial charge in [-0.2, -0.15) is 5.10 Å². The number of hydrogen-bond acceptors (Lipinski definition) is 2. The summed E-state index contributed by atoms with van der Waals surface area (Å²) in [5.41, 5.74) is 1.66. The molecule has 1 aromatic carbocycles. The van der Waals surface area contributed by atoms with Crippen LogP contribution in [-0.4, -0.2) is 20.8 Å². The predicted molar refractivity (Wildman–Crippen MR) is 56.4 cm³/mol. The number of aromatic nitrogens is 2. The minimum Gasteiger partial charge on any atom is -0.385 e. The number of aliphatic hydroxyl groups excluding tert-OH is 1. The maximum Gasteiger partial charge on any atom is 0.112 e. The van der Waals surface area contributed by atoms with E-state index in [1.807, 2.05) is 31.3 Å². The van der Waals surface area contributed by atoms with Gasteiger partial charge in [0.25, 0.3) is 0 Å². The Morgan fingerprint density at radius 2 is 2.21 bits per heavy atom. The first-order valence-corrected chi connectivity index (χ1v) is 4.93. The van der Waals surface area contributed by atoms with Crippen molar-refractivity contribution >= 4 is 22.5 Å². The molecule has 0 saturated carbocycles. The molecule has 0 aliphatic heterocycles. The summed E-state index contributed by atoms with van der Waals surface area (Å²) < 4.78 is 1.75. The molecular weight excluding hydrogens is 200 g/mol. The van der Waals surface area contributed by atoms with Gasteiger partial charge in [-0.25, -0.2) is 0 Å². The number of halogens is 1. The molecule has 0 fully saturated rings. The van der Waals surface area contributed by atoms with Crippen molar-refractivity contribution in [3.05, 3.63) is 30.0 Å². The van der Waals surface area contributed by atoms with Crippen molar-refractivity contribution in [2.45, 2.75) is 6.10 Å². The van der Waals surface area contributed by atoms with E-state index in [4.69, 9.17) is 11.6 Å². The Labute approximate surface area is 86.9 Å². The van der Waals surface area contributed by atoms with Gasteiger partial charge in [-0.3, -0.25) is 4.68 Å². The molecule has 14 heavy (non-hydrogen) atoms. The van der Waals surface area contributed by atoms with Gasteiger partial charge in [-0.1, -0.05) is 18.2 Å². The molecule has 1 aromatic heterocycles. The molecule has 0 aliphatic carbocycles. The number of rotatable bonds is 2. The van der Waals surface area contributed by atoms with Crippen LogP contribution in [0.1, 0.15) is 11.8 Å². The summed E-state index contributed by atoms with van der Waals surface area (Å²) in [6, 6.07) is 7.77. The number of fused-ring (bicyclic) bond motifs is 1. The van der Waals surface area contributed by atoms with Crippen molar-refractivity contribution in [3.63, 3.8) is 0 Å². The highest BCUT2D eigenvalue weighted by molar-refractivity contribution is 6.18. The Hall–Kier alpha value is -1.06. The minimum absolute atomic E-state index is 0.168. The van der Waals surface area contributed by atoms with Gasteiger partial charge in [0, 0.05) is 12.4 Å². The van der Waals surface area contributed by atoms with E-state index >= 15 is 0 Å². The molecule has 1 N–H and O–H groups in total. The molecule has 0 aliphatic rings. The van der Waals surface area contributed by atoms with Gasteiger partial charge in [0.05, 0.1) is 11.4 Å². The Bertz CT molecular complexity index is 452. The molecule has 0 bridgehead atoms. The Morgan fingerprint density at radius 1 is 1.50 bits per heavy atom. The maximum atomic E-state index is 9.63. The van der Waals surface area contributed by atoms with Gasteiger partial charge in [-0.15, -0.1) is 11.6 Å². The second-order valence-electron chi connectivity index (χ2n) is 3.20. The molecule has 0 amide bonds. The third-order valence-corrected chi connectivity index (χ3v) is 2.54. The third-order valence-electron chi connectivity index (χ3n) is 2.25. The molecule has 74 valence electrons. The van der Waals surface area contributed by atoms with Crippen molar-refractivity contribution in [1.29, 1.82) is 0 Å². The zero-order valence-corrected chi connectivity index (χ0v) is 8.57. The molecule has 0 radical (unpaired) electrons. The van der Waals surface area contributed by atoms with Crippen LogP contribution in [0.4, 0.5) is 0 Å². The number of nitrogens with zero attached hydrogens (tertiary/aromatic N) is 2. The molecule has 0 saturated heterocycles. The second-order valence-corrected chi connectivity index (χ2v) is 3.50. The Kier molecular flexibility index (Phi) is 2.44. The summed E-state index contributed by atoms with van der Waals surface area (Å²) in [6.45, 7) is 0. The van der Waals surface area contributed by atoms with Gasteiger partial charge in [0.2, 0.25) is 0 Å². The van der Waals surface area contributed by atoms with E-state index in [1.54, 1.807) is 4.68 Å². The van der Waals surface area contributed by atoms with Crippen LogP contribution in [0.15, 0.2) is 24.3 Å². The number of aryl methyl sites for hydroxylation is 1. The zero-order chi connectivity index (χ0) is 10.1. The Balaban J connectivity index is 2.66. The number of para-hydroxylation sites is 1. The van der Waals surface area contributed by atoms with E-state index in [2.05, 4.69) is 5.10 Å². The van der Waals surface area contributed by atoms with Crippen molar-refractivity contribution in [2.24, 2.45) is 7.05 Å². The molecule has 4 heteroatoms. The van der Waals surface area contributed by atoms with Crippen molar-refractivity contribution in [3.8, 4) is 0 Å². The van der Waals surface area contributed by atoms with Gasteiger partial charge in [0.1, 0.15) is 11.8 Å². The van der Waals surface area contributed by atoms with E-state index in [0.717, 1.165) is 10.9 Å². The molecule has 1 unspecified atom stereocenters. The van der Waals surface area contributed by atoms with Crippen molar-refractivity contribution in [2.75, 3.05) is 5.88 Å². The molecule has 2 aromatic rings. The lowest BCUT2D eigenvalue weighted by molar-refractivity contribution is 0.198. The van der Waals surface area contributed by atoms with Crippen molar-refractivity contribution in [1.82, 2.24) is 9.78 Å². The van der Waals surface area contributed by atoms with E-state index < -0.39 is 6.10 Å². The monoisotopic (exact) mass is 210 g/mol. The Morgan fingerprint density at radius 3 is 2.93 bits per heavy atom. The van der Waals surface area contributed by atoms with E-state index in [1.165, 1.54) is 0 Å². The van der Waals surface area contributed by atoms with Gasteiger partial charge in [0.15, 0.2) is 0 Å². The lowest BCUT2D eigenvalue weighted by Gasteiger charge is -2.01. The van der Waals surface area contributed by atoms with Gasteiger partial charge >= 0.3 is 0 Å². The predicted octanol–water partition coefficient (Wildman–Crippen LogP) is 1.85. The standard InChI is InChI=1S/C10H11ClN2O/c1-13-8-5-3-2-4-7(8)10(12-13)9(14)6-11/h2-5,9,14H,6H2,1H3. The molecule has 1 heterocycles. The average Bonchev–Trinajstić information content (AvgIpc) is 2.56. The summed E-state index contributed by atoms with van der Waals surface area (Å²) in [5.74, 6) is 0.168. The zero-order valence-electron chi connectivity index (χ0n) is 7.81. The van der Waals surface area contributed by atoms with Crippen LogP contribution in [0.25, 0.3) is 10.9 Å². The first-order valence-electron chi connectivity index (χ1n) is 4.39. The molecule has 0 spiro atoms. The van der Waals surface area contributed by atoms with Crippen LogP contribution in [0.2, 0.25) is 0 Å². The highest BCUT2D eigenvalue weighted by atomic mass is 35.5. The van der Waals surface area contributed by atoms with Crippen LogP contribution >= 0.6 is 11.6 Å². The fraction of sp³-hybridized carbons (Fsp3) is 0.300. The number of benzene rings is 1. The average molecular weight is 211 g/mol. The fourth-order valence-corrected chi connectivity index (χ4v) is 1.71. The van der Waals surface area contributed by atoms with E-state index in [9.17, 15) is 5.11 Å². The fourth-order valence-electron chi connectivity index (χ4n) is 1.56. The van der Waals surface area contributed by atoms with Crippen LogP contribution in [0.3, 0.4) is 0 Å². The highest BCUT2D eigenvalue weighted by Crippen LogP contribution is 2.23. The molecule has 2 rings (SSSR count). The lowest BCUT2D eigenvalue weighted by Crippen LogP contribution is -2.01. The molecule has 1 atom stereocenters. The van der Waals surface area contributed by atoms with Crippen LogP contribution in [0.5, 0.6) is 0 Å². The number of alkyl halides is 1. The minimum atomic E-state index is -0.692. The summed E-state index contributed by atoms with van der Waals surface area (Å²) in [7, 11) is 1.85. The quantitative estimate of drug-likeness (QED) is 0.769. The third kappa shape index (κ3) is 1.38. The van der Waals surface area contributed by atoms with Crippen LogP contribution in [0, 0.1) is 0 Å². The largest absolute Gasteiger partial charge is 0.385 e. The number of hydrogen-bond donors (Lipinski definition) is 1. The number of aliphatic hydroxyl groups is 1. The van der Waals surface area contributed by atoms with Gasteiger partial charge in [-0.05, 0) is 6.07 Å². The first kappa shape index (κ1) is 9.49. The molecule has 3 nitrogen and oxygen atoms in total. The summed E-state index contributed by atoms with van der Waals surface area (Å²) >= 11 is 5.60. The van der Waals surface area contributed by atoms with E-state index in [0.29, 0.717) is 5.69 Å². The smallest absolute Gasteiger partial charge is 0.112 e. The SMILES string of the molecule is Cn1nc(C(O)CCl)c2ccccc21. The van der Waals surface area contributed by atoms with Crippen LogP contribution in [-0.2, 0) is 7.05 Å². The summed E-state index contributed by atoms with van der Waals surface area (Å²) in [6.07, 6.45) is -0.692. The van der Waals surface area contributed by atoms with Gasteiger partial charge < -0.3 is 5.11 Å². The summed E-state index contributed by atoms with van der Waals surface area (Å²) in [4.78, 5) is 0. The normalized spacial score (nSPS) is 13.4. The lowest BCUT2D eigenvalue weighted by atomic mass is 10.1. The molecular formula is C10H11ClN2O. The maximum absolute atomic E-state index is 9.63. The van der Waals surface area contributed by atoms with Crippen molar-refractivity contribution < 1.29 is 5.11 Å².